The maximum Gasteiger partial charge on any atom is 0.408 e. The highest BCUT2D eigenvalue weighted by atomic mass is 32.2. The molecule has 4 fully saturated rings. The Kier molecular flexibility index (Phi) is 11.1. The second-order valence-corrected chi connectivity index (χ2v) is 17.7. The number of carbonyl (C=O) groups is 4. The van der Waals surface area contributed by atoms with Gasteiger partial charge in [-0.1, -0.05) is 39.5 Å². The van der Waals surface area contributed by atoms with E-state index in [1.807, 2.05) is 36.8 Å². The van der Waals surface area contributed by atoms with Gasteiger partial charge in [0.1, 0.15) is 35.1 Å². The summed E-state index contributed by atoms with van der Waals surface area (Å²) in [7, 11) is -2.82. The lowest BCUT2D eigenvalue weighted by Gasteiger charge is -2.42. The van der Waals surface area contributed by atoms with Gasteiger partial charge in [-0.2, -0.15) is 8.42 Å². The highest BCUT2D eigenvalue weighted by Gasteiger charge is 2.62. The third-order valence-electron chi connectivity index (χ3n) is 11.0. The average molecular weight is 772 g/mol. The largest absolute Gasteiger partial charge is 0.497 e. The monoisotopic (exact) mass is 771 g/mol. The van der Waals surface area contributed by atoms with Crippen LogP contribution in [0.5, 0.6) is 11.6 Å². The smallest absolute Gasteiger partial charge is 0.408 e. The van der Waals surface area contributed by atoms with Crippen LogP contribution in [0.4, 0.5) is 4.79 Å². The van der Waals surface area contributed by atoms with Crippen molar-refractivity contribution in [3.05, 3.63) is 30.5 Å². The number of fused-ring (bicyclic) bond motifs is 1. The third-order valence-corrected chi connectivity index (χ3v) is 12.0. The second kappa shape index (κ2) is 15.2. The van der Waals surface area contributed by atoms with Gasteiger partial charge in [0.2, 0.25) is 17.7 Å². The molecular formula is C38H53N5O10S. The molecule has 1 saturated heterocycles. The van der Waals surface area contributed by atoms with E-state index in [0.29, 0.717) is 49.1 Å². The summed E-state index contributed by atoms with van der Waals surface area (Å²) in [4.78, 5) is 62.1. The van der Waals surface area contributed by atoms with Crippen molar-refractivity contribution < 1.29 is 46.0 Å². The number of amides is 4. The molecule has 0 radical (unpaired) electrons. The van der Waals surface area contributed by atoms with Crippen LogP contribution < -0.4 is 24.8 Å². The van der Waals surface area contributed by atoms with Crippen LogP contribution in [-0.4, -0.2) is 91.2 Å². The summed E-state index contributed by atoms with van der Waals surface area (Å²) >= 11 is 0. The molecule has 6 rings (SSSR count). The first-order valence-electron chi connectivity index (χ1n) is 18.9. The van der Waals surface area contributed by atoms with E-state index in [2.05, 4.69) is 15.6 Å². The molecule has 1 aliphatic heterocycles. The van der Waals surface area contributed by atoms with E-state index in [1.165, 1.54) is 4.90 Å². The summed E-state index contributed by atoms with van der Waals surface area (Å²) in [6.45, 7) is 9.02. The Labute approximate surface area is 316 Å². The van der Waals surface area contributed by atoms with Crippen LogP contribution in [0.2, 0.25) is 0 Å². The Bertz CT molecular complexity index is 1870. The molecule has 0 bridgehead atoms. The number of hydrogen-bond donors (Lipinski definition) is 3. The minimum absolute atomic E-state index is 0.0201. The zero-order chi connectivity index (χ0) is 39.1. The summed E-state index contributed by atoms with van der Waals surface area (Å²) < 4.78 is 49.7. The van der Waals surface area contributed by atoms with Gasteiger partial charge in [0.05, 0.1) is 19.8 Å². The van der Waals surface area contributed by atoms with E-state index in [4.69, 9.17) is 18.4 Å². The highest BCUT2D eigenvalue weighted by Crippen LogP contribution is 2.47. The van der Waals surface area contributed by atoms with Crippen molar-refractivity contribution in [3.63, 3.8) is 0 Å². The fourth-order valence-electron chi connectivity index (χ4n) is 7.84. The van der Waals surface area contributed by atoms with Gasteiger partial charge in [0.15, 0.2) is 0 Å². The lowest BCUT2D eigenvalue weighted by molar-refractivity contribution is -0.144. The molecule has 5 atom stereocenters. The molecule has 1 unspecified atom stereocenters. The van der Waals surface area contributed by atoms with Crippen molar-refractivity contribution in [3.8, 4) is 11.6 Å². The van der Waals surface area contributed by atoms with E-state index in [9.17, 15) is 27.6 Å². The lowest BCUT2D eigenvalue weighted by Crippen LogP contribution is -2.61. The molecule has 16 heteroatoms. The van der Waals surface area contributed by atoms with Gasteiger partial charge in [0, 0.05) is 18.0 Å². The van der Waals surface area contributed by atoms with E-state index in [-0.39, 0.29) is 25.3 Å². The first-order chi connectivity index (χ1) is 25.5. The molecule has 2 aromatic rings. The van der Waals surface area contributed by atoms with Gasteiger partial charge in [-0.25, -0.2) is 14.5 Å². The van der Waals surface area contributed by atoms with Crippen molar-refractivity contribution in [2.45, 2.75) is 134 Å². The number of nitrogens with one attached hydrogen (secondary N) is 3. The Morgan fingerprint density at radius 2 is 1.78 bits per heavy atom. The first kappa shape index (κ1) is 39.5. The highest BCUT2D eigenvalue weighted by molar-refractivity contribution is 7.85. The molecule has 3 saturated carbocycles. The van der Waals surface area contributed by atoms with Gasteiger partial charge in [-0.05, 0) is 93.9 Å². The zero-order valence-corrected chi connectivity index (χ0v) is 32.8. The zero-order valence-electron chi connectivity index (χ0n) is 31.9. The number of hydrogen-bond acceptors (Lipinski definition) is 11. The second-order valence-electron chi connectivity index (χ2n) is 16.4. The Morgan fingerprint density at radius 3 is 2.41 bits per heavy atom. The molecule has 4 aliphatic rings. The molecule has 1 aromatic carbocycles. The number of methoxy groups -OCH3 is 1. The third kappa shape index (κ3) is 8.85. The number of ether oxygens (including phenoxy) is 3. The number of rotatable bonds is 13. The summed E-state index contributed by atoms with van der Waals surface area (Å²) in [5, 5.41) is 7.24. The van der Waals surface area contributed by atoms with Crippen LogP contribution in [-0.2, 0) is 33.6 Å². The van der Waals surface area contributed by atoms with E-state index in [0.717, 1.165) is 24.6 Å². The topological polar surface area (TPSA) is 192 Å². The number of aromatic nitrogens is 1. The van der Waals surface area contributed by atoms with Crippen molar-refractivity contribution in [2.24, 2.45) is 11.3 Å². The Hall–Kier alpha value is -4.18. The van der Waals surface area contributed by atoms with Crippen LogP contribution in [0.25, 0.3) is 10.8 Å². The van der Waals surface area contributed by atoms with Crippen LogP contribution in [0.1, 0.15) is 98.8 Å². The van der Waals surface area contributed by atoms with Crippen molar-refractivity contribution in [2.75, 3.05) is 13.7 Å². The molecule has 2 heterocycles. The van der Waals surface area contributed by atoms with Crippen molar-refractivity contribution in [1.82, 2.24) is 25.2 Å². The van der Waals surface area contributed by atoms with Gasteiger partial charge >= 0.3 is 16.4 Å². The predicted octanol–water partition coefficient (Wildman–Crippen LogP) is 4.28. The fraction of sp³-hybridized carbons (Fsp3) is 0.658. The van der Waals surface area contributed by atoms with Gasteiger partial charge < -0.3 is 29.7 Å². The molecule has 0 spiro atoms. The average Bonchev–Trinajstić information content (AvgIpc) is 4.02. The number of alkyl carbamates (subject to hydrolysis) is 1. The van der Waals surface area contributed by atoms with Crippen molar-refractivity contribution >= 4 is 44.9 Å². The van der Waals surface area contributed by atoms with Crippen LogP contribution >= 0.6 is 0 Å². The standard InChI is InChI=1S/C38H53N5O10S/c1-7-24-21-38(24,34(46)42-54(48,49)53-25-11-12-25)41-31(44)29-20-27(51-32-28-14-13-26(50-6)19-23(28)15-18-39-32)22-43(29)33(45)30(37(5)16-9-8-10-17-37)40-35(47)52-36(2,3)4/h13-15,18-19,24-25,27,29-30H,7-12,16-17,20-22H2,1-6H3,(H,40,47)(H,41,44)(H,42,46)/t24-,27?,29+,30-,38-/m1/s1. The predicted molar refractivity (Wildman–Crippen MR) is 198 cm³/mol. The lowest BCUT2D eigenvalue weighted by atomic mass is 9.70. The van der Waals surface area contributed by atoms with E-state index < -0.39 is 75.0 Å². The van der Waals surface area contributed by atoms with Crippen LogP contribution in [0.15, 0.2) is 30.5 Å². The number of pyridine rings is 1. The molecular weight excluding hydrogens is 719 g/mol. The summed E-state index contributed by atoms with van der Waals surface area (Å²) in [6.07, 6.45) is 5.67. The number of nitrogens with zero attached hydrogens (tertiary/aromatic N) is 2. The molecule has 296 valence electrons. The minimum atomic E-state index is -4.39. The molecule has 54 heavy (non-hydrogen) atoms. The summed E-state index contributed by atoms with van der Waals surface area (Å²) in [5.74, 6) is -1.38. The molecule has 1 aromatic heterocycles. The Balaban J connectivity index is 1.30. The fourth-order valence-corrected chi connectivity index (χ4v) is 8.85. The maximum atomic E-state index is 14.9. The number of carbonyl (C=O) groups excluding carboxylic acids is 4. The van der Waals surface area contributed by atoms with Gasteiger partial charge in [0.25, 0.3) is 5.91 Å². The SMILES string of the molecule is CC[C@@H]1C[C@]1(NC(=O)[C@@H]1CC(Oc2nccc3cc(OC)ccc23)CN1C(=O)[C@@H](NC(=O)OC(C)(C)C)C1(C)CCCCC1)C(=O)NS(=O)(=O)OC1CC1. The molecule has 4 amide bonds. The van der Waals surface area contributed by atoms with Crippen LogP contribution in [0.3, 0.4) is 0 Å². The summed E-state index contributed by atoms with van der Waals surface area (Å²) in [6, 6.07) is 5.12. The molecule has 3 aliphatic carbocycles. The maximum absolute atomic E-state index is 14.9. The van der Waals surface area contributed by atoms with Crippen molar-refractivity contribution in [1.29, 1.82) is 0 Å². The summed E-state index contributed by atoms with van der Waals surface area (Å²) in [5.41, 5.74) is -2.97. The first-order valence-corrected chi connectivity index (χ1v) is 20.3. The quantitative estimate of drug-likeness (QED) is 0.264. The number of likely N-dealkylation sites (tertiary alicyclic amines) is 1. The van der Waals surface area contributed by atoms with Crippen LogP contribution in [0, 0.1) is 11.3 Å². The Morgan fingerprint density at radius 1 is 1.06 bits per heavy atom. The minimum Gasteiger partial charge on any atom is -0.497 e. The van der Waals surface area contributed by atoms with E-state index >= 15 is 0 Å². The van der Waals surface area contributed by atoms with Gasteiger partial charge in [-0.3, -0.25) is 18.6 Å². The normalized spacial score (nSPS) is 25.7. The molecule has 15 nitrogen and oxygen atoms in total. The molecule has 3 N–H and O–H groups in total. The van der Waals surface area contributed by atoms with E-state index in [1.54, 1.807) is 40.1 Å². The number of benzene rings is 1. The van der Waals surface area contributed by atoms with Gasteiger partial charge in [-0.15, -0.1) is 0 Å².